The van der Waals surface area contributed by atoms with Crippen molar-refractivity contribution in [2.75, 3.05) is 20.1 Å². The molecule has 0 fully saturated rings. The minimum absolute atomic E-state index is 0. The molecule has 0 amide bonds. The van der Waals surface area contributed by atoms with E-state index in [9.17, 15) is 12.8 Å². The fraction of sp³-hybridized carbons (Fsp3) is 0.400. The lowest BCUT2D eigenvalue weighted by Crippen LogP contribution is -2.27. The van der Waals surface area contributed by atoms with Gasteiger partial charge in [0.1, 0.15) is 10.7 Å². The Kier molecular flexibility index (Phi) is 8.42. The Balaban J connectivity index is 0.00000324. The highest BCUT2D eigenvalue weighted by Gasteiger charge is 2.20. The van der Waals surface area contributed by atoms with Gasteiger partial charge in [0.15, 0.2) is 0 Å². The summed E-state index contributed by atoms with van der Waals surface area (Å²) in [5.74, 6) is -0.840. The third-order valence-electron chi connectivity index (χ3n) is 2.16. The van der Waals surface area contributed by atoms with Crippen LogP contribution in [0.25, 0.3) is 0 Å². The summed E-state index contributed by atoms with van der Waals surface area (Å²) in [7, 11) is -2.10. The van der Waals surface area contributed by atoms with Crippen molar-refractivity contribution in [2.45, 2.75) is 11.3 Å². The van der Waals surface area contributed by atoms with Gasteiger partial charge in [0.25, 0.3) is 0 Å². The van der Waals surface area contributed by atoms with Crippen LogP contribution in [-0.2, 0) is 10.0 Å². The van der Waals surface area contributed by atoms with E-state index in [0.29, 0.717) is 17.4 Å². The second kappa shape index (κ2) is 8.39. The van der Waals surface area contributed by atoms with E-state index in [1.54, 1.807) is 7.05 Å². The van der Waals surface area contributed by atoms with Crippen LogP contribution in [0.2, 0.25) is 5.02 Å². The molecule has 0 unspecified atom stereocenters. The zero-order valence-electron chi connectivity index (χ0n) is 10.0. The van der Waals surface area contributed by atoms with Gasteiger partial charge < -0.3 is 5.32 Å². The van der Waals surface area contributed by atoms with E-state index in [0.717, 1.165) is 12.1 Å². The second-order valence-corrected chi connectivity index (χ2v) is 6.55. The summed E-state index contributed by atoms with van der Waals surface area (Å²) in [5, 5.41) is 3.03. The maximum Gasteiger partial charge on any atom is 0.243 e. The average molecular weight is 396 g/mol. The first-order valence-electron chi connectivity index (χ1n) is 5.17. The predicted molar refractivity (Wildman–Crippen MR) is 80.1 cm³/mol. The fourth-order valence-corrected chi connectivity index (χ4v) is 2.96. The van der Waals surface area contributed by atoms with Gasteiger partial charge in [0.05, 0.1) is 5.02 Å². The molecule has 0 aliphatic heterocycles. The van der Waals surface area contributed by atoms with E-state index >= 15 is 0 Å². The van der Waals surface area contributed by atoms with Crippen LogP contribution in [0.1, 0.15) is 6.42 Å². The van der Waals surface area contributed by atoms with Gasteiger partial charge in [-0.3, -0.25) is 0 Å². The molecule has 0 bridgehead atoms. The molecule has 1 aromatic carbocycles. The van der Waals surface area contributed by atoms with Crippen molar-refractivity contribution in [3.63, 3.8) is 0 Å². The molecule has 0 atom stereocenters. The zero-order chi connectivity index (χ0) is 13.8. The molecule has 110 valence electrons. The summed E-state index contributed by atoms with van der Waals surface area (Å²) < 4.78 is 39.9. The molecule has 0 spiro atoms. The van der Waals surface area contributed by atoms with Crippen LogP contribution in [0.5, 0.6) is 0 Å². The quantitative estimate of drug-likeness (QED) is 0.574. The van der Waals surface area contributed by atoms with Gasteiger partial charge in [-0.05, 0) is 48.1 Å². The number of hydrogen-bond acceptors (Lipinski definition) is 3. The average Bonchev–Trinajstić information content (AvgIpc) is 2.29. The van der Waals surface area contributed by atoms with Crippen LogP contribution in [0.4, 0.5) is 4.39 Å². The van der Waals surface area contributed by atoms with E-state index in [1.165, 1.54) is 0 Å². The van der Waals surface area contributed by atoms with Crippen molar-refractivity contribution in [3.05, 3.63) is 27.4 Å². The van der Waals surface area contributed by atoms with Crippen LogP contribution in [-0.4, -0.2) is 28.6 Å². The summed E-state index contributed by atoms with van der Waals surface area (Å²) in [6.07, 6.45) is 0.613. The Hall–Kier alpha value is 0.0800. The predicted octanol–water partition coefficient (Wildman–Crippen LogP) is 2.55. The lowest BCUT2D eigenvalue weighted by atomic mass is 10.3. The van der Waals surface area contributed by atoms with Gasteiger partial charge in [0, 0.05) is 11.0 Å². The number of halogens is 4. The Bertz CT molecular complexity index is 529. The molecule has 0 heterocycles. The Morgan fingerprint density at radius 2 is 2.00 bits per heavy atom. The van der Waals surface area contributed by atoms with Gasteiger partial charge >= 0.3 is 0 Å². The molecule has 2 N–H and O–H groups in total. The Morgan fingerprint density at radius 3 is 2.58 bits per heavy atom. The van der Waals surface area contributed by atoms with Crippen LogP contribution >= 0.6 is 39.9 Å². The van der Waals surface area contributed by atoms with Crippen molar-refractivity contribution >= 4 is 50.0 Å². The van der Waals surface area contributed by atoms with Gasteiger partial charge in [0.2, 0.25) is 10.0 Å². The monoisotopic (exact) mass is 394 g/mol. The van der Waals surface area contributed by atoms with E-state index < -0.39 is 20.7 Å². The molecule has 1 aromatic rings. The molecule has 0 aromatic heterocycles. The third-order valence-corrected chi connectivity index (χ3v) is 4.83. The standard InChI is InChI=1S/C10H13BrClFN2O2S.ClH/c1-14-3-2-4-15-18(16,17)10-6-8(12)7(11)5-9(10)13;/h5-6,14-15H,2-4H2,1H3;1H. The van der Waals surface area contributed by atoms with E-state index in [4.69, 9.17) is 11.6 Å². The summed E-state index contributed by atoms with van der Waals surface area (Å²) in [5.41, 5.74) is 0. The minimum atomic E-state index is -3.87. The third kappa shape index (κ3) is 5.53. The molecule has 1 rings (SSSR count). The summed E-state index contributed by atoms with van der Waals surface area (Å²) in [6, 6.07) is 2.12. The molecule has 0 saturated heterocycles. The van der Waals surface area contributed by atoms with Gasteiger partial charge in [-0.15, -0.1) is 12.4 Å². The lowest BCUT2D eigenvalue weighted by Gasteiger charge is -2.08. The van der Waals surface area contributed by atoms with Crippen molar-refractivity contribution in [1.82, 2.24) is 10.0 Å². The maximum absolute atomic E-state index is 13.6. The molecule has 9 heteroatoms. The van der Waals surface area contributed by atoms with Crippen molar-refractivity contribution in [3.8, 4) is 0 Å². The second-order valence-electron chi connectivity index (χ2n) is 3.55. The van der Waals surface area contributed by atoms with Crippen LogP contribution in [0.3, 0.4) is 0 Å². The molecule has 4 nitrogen and oxygen atoms in total. The van der Waals surface area contributed by atoms with Crippen molar-refractivity contribution < 1.29 is 12.8 Å². The largest absolute Gasteiger partial charge is 0.320 e. The van der Waals surface area contributed by atoms with Crippen LogP contribution < -0.4 is 10.0 Å². The van der Waals surface area contributed by atoms with Crippen LogP contribution in [0, 0.1) is 5.82 Å². The van der Waals surface area contributed by atoms with Gasteiger partial charge in [-0.2, -0.15) is 0 Å². The molecular weight excluding hydrogens is 382 g/mol. The molecule has 0 saturated carbocycles. The first kappa shape index (κ1) is 19.1. The number of sulfonamides is 1. The van der Waals surface area contributed by atoms with E-state index in [-0.39, 0.29) is 24.0 Å². The van der Waals surface area contributed by atoms with Crippen molar-refractivity contribution in [2.24, 2.45) is 0 Å². The normalized spacial score (nSPS) is 11.2. The number of nitrogens with one attached hydrogen (secondary N) is 2. The highest BCUT2D eigenvalue weighted by Crippen LogP contribution is 2.27. The molecule has 0 radical (unpaired) electrons. The minimum Gasteiger partial charge on any atom is -0.320 e. The SMILES string of the molecule is CNCCCNS(=O)(=O)c1cc(Cl)c(Br)cc1F.Cl. The summed E-state index contributed by atoms with van der Waals surface area (Å²) in [4.78, 5) is -0.444. The zero-order valence-corrected chi connectivity index (χ0v) is 14.0. The van der Waals surface area contributed by atoms with Gasteiger partial charge in [-0.25, -0.2) is 17.5 Å². The van der Waals surface area contributed by atoms with E-state index in [2.05, 4.69) is 26.0 Å². The molecule has 19 heavy (non-hydrogen) atoms. The Labute approximate surface area is 131 Å². The smallest absolute Gasteiger partial charge is 0.243 e. The summed E-state index contributed by atoms with van der Waals surface area (Å²) in [6.45, 7) is 0.905. The maximum atomic E-state index is 13.6. The first-order valence-corrected chi connectivity index (χ1v) is 7.82. The topological polar surface area (TPSA) is 58.2 Å². The highest BCUT2D eigenvalue weighted by atomic mass is 79.9. The Morgan fingerprint density at radius 1 is 1.37 bits per heavy atom. The van der Waals surface area contributed by atoms with Crippen LogP contribution in [0.15, 0.2) is 21.5 Å². The number of benzene rings is 1. The number of hydrogen-bond donors (Lipinski definition) is 2. The van der Waals surface area contributed by atoms with Gasteiger partial charge in [-0.1, -0.05) is 11.6 Å². The van der Waals surface area contributed by atoms with E-state index in [1.807, 2.05) is 0 Å². The van der Waals surface area contributed by atoms with Crippen molar-refractivity contribution in [1.29, 1.82) is 0 Å². The number of rotatable bonds is 6. The highest BCUT2D eigenvalue weighted by molar-refractivity contribution is 9.10. The lowest BCUT2D eigenvalue weighted by molar-refractivity contribution is 0.554. The first-order chi connectivity index (χ1) is 8.38. The molecule has 0 aliphatic rings. The molecule has 0 aliphatic carbocycles. The summed E-state index contributed by atoms with van der Waals surface area (Å²) >= 11 is 8.78. The fourth-order valence-electron chi connectivity index (χ4n) is 1.26. The molecular formula is C10H14BrCl2FN2O2S.